The molecule has 0 radical (unpaired) electrons. The Hall–Kier alpha value is -1.56. The maximum Gasteiger partial charge on any atom is 0.317 e. The molecule has 2 heterocycles. The predicted octanol–water partition coefficient (Wildman–Crippen LogP) is 3.10. The highest BCUT2D eigenvalue weighted by molar-refractivity contribution is 7.07. The van der Waals surface area contributed by atoms with Gasteiger partial charge in [0.25, 0.3) is 0 Å². The lowest BCUT2D eigenvalue weighted by molar-refractivity contribution is -0.152. The van der Waals surface area contributed by atoms with E-state index in [2.05, 4.69) is 5.32 Å². The summed E-state index contributed by atoms with van der Waals surface area (Å²) < 4.78 is 0. The van der Waals surface area contributed by atoms with Gasteiger partial charge in [0.2, 0.25) is 0 Å². The maximum atomic E-state index is 12.4. The molecule has 1 aliphatic heterocycles. The van der Waals surface area contributed by atoms with Gasteiger partial charge in [-0.3, -0.25) is 4.79 Å². The number of carbonyl (C=O) groups excluding carboxylic acids is 1. The minimum absolute atomic E-state index is 0.0634. The summed E-state index contributed by atoms with van der Waals surface area (Å²) in [4.78, 5) is 25.5. The van der Waals surface area contributed by atoms with Crippen molar-refractivity contribution in [2.75, 3.05) is 13.1 Å². The van der Waals surface area contributed by atoms with Crippen molar-refractivity contribution >= 4 is 23.3 Å². The number of rotatable bonds is 4. The van der Waals surface area contributed by atoms with Crippen LogP contribution < -0.4 is 5.32 Å². The number of thiophene rings is 1. The third kappa shape index (κ3) is 3.37. The monoisotopic (exact) mass is 310 g/mol. The zero-order chi connectivity index (χ0) is 15.5. The van der Waals surface area contributed by atoms with Crippen molar-refractivity contribution in [1.82, 2.24) is 10.2 Å². The smallest absolute Gasteiger partial charge is 0.317 e. The summed E-state index contributed by atoms with van der Waals surface area (Å²) in [6.45, 7) is 4.73. The van der Waals surface area contributed by atoms with E-state index in [1.165, 1.54) is 0 Å². The molecule has 0 saturated carbocycles. The molecule has 1 aromatic rings. The summed E-state index contributed by atoms with van der Waals surface area (Å²) in [6, 6.07) is 1.75. The molecule has 21 heavy (non-hydrogen) atoms. The van der Waals surface area contributed by atoms with Crippen molar-refractivity contribution in [3.05, 3.63) is 22.4 Å². The number of carboxylic acid groups (broad SMARTS) is 1. The van der Waals surface area contributed by atoms with Crippen LogP contribution in [0.2, 0.25) is 0 Å². The maximum absolute atomic E-state index is 12.4. The molecule has 1 aliphatic rings. The van der Waals surface area contributed by atoms with Crippen molar-refractivity contribution in [1.29, 1.82) is 0 Å². The van der Waals surface area contributed by atoms with Crippen LogP contribution in [0.1, 0.15) is 44.7 Å². The fraction of sp³-hybridized carbons (Fsp3) is 0.600. The molecular formula is C15H22N2O3S. The summed E-state index contributed by atoms with van der Waals surface area (Å²) in [5, 5.41) is 16.4. The molecule has 2 rings (SSSR count). The van der Waals surface area contributed by atoms with Gasteiger partial charge in [0, 0.05) is 13.1 Å². The second-order valence-electron chi connectivity index (χ2n) is 5.69. The Kier molecular flexibility index (Phi) is 4.88. The Morgan fingerprint density at radius 1 is 1.57 bits per heavy atom. The Morgan fingerprint density at radius 2 is 2.33 bits per heavy atom. The van der Waals surface area contributed by atoms with Crippen molar-refractivity contribution in [2.45, 2.75) is 39.2 Å². The van der Waals surface area contributed by atoms with Gasteiger partial charge in [0.15, 0.2) is 0 Å². The highest BCUT2D eigenvalue weighted by atomic mass is 32.1. The van der Waals surface area contributed by atoms with Gasteiger partial charge in [-0.25, -0.2) is 4.79 Å². The zero-order valence-corrected chi connectivity index (χ0v) is 13.3. The third-order valence-electron chi connectivity index (χ3n) is 4.38. The lowest BCUT2D eigenvalue weighted by Crippen LogP contribution is -2.52. The van der Waals surface area contributed by atoms with E-state index in [-0.39, 0.29) is 12.1 Å². The SMILES string of the molecule is CCC1(C(=O)O)CCCN(C(=O)NC(C)c2ccsc2)C1. The molecule has 2 amide bonds. The number of nitrogens with one attached hydrogen (secondary N) is 1. The second-order valence-corrected chi connectivity index (χ2v) is 6.47. The van der Waals surface area contributed by atoms with Gasteiger partial charge in [0.05, 0.1) is 11.5 Å². The first-order valence-electron chi connectivity index (χ1n) is 7.29. The molecule has 1 fully saturated rings. The molecule has 1 aromatic heterocycles. The number of amides is 2. The van der Waals surface area contributed by atoms with E-state index in [1.54, 1.807) is 16.2 Å². The molecule has 2 N–H and O–H groups in total. The summed E-state index contributed by atoms with van der Waals surface area (Å²) in [5.74, 6) is -0.798. The summed E-state index contributed by atoms with van der Waals surface area (Å²) in [5.41, 5.74) is 0.284. The Bertz CT molecular complexity index is 503. The quantitative estimate of drug-likeness (QED) is 0.898. The Morgan fingerprint density at radius 3 is 2.90 bits per heavy atom. The van der Waals surface area contributed by atoms with Crippen LogP contribution in [0.5, 0.6) is 0 Å². The first-order valence-corrected chi connectivity index (χ1v) is 8.24. The number of carboxylic acids is 1. The van der Waals surface area contributed by atoms with E-state index < -0.39 is 11.4 Å². The molecule has 1 saturated heterocycles. The number of aliphatic carboxylic acids is 1. The van der Waals surface area contributed by atoms with Gasteiger partial charge in [-0.1, -0.05) is 6.92 Å². The normalized spacial score (nSPS) is 23.6. The molecule has 0 aliphatic carbocycles. The fourth-order valence-corrected chi connectivity index (χ4v) is 3.55. The van der Waals surface area contributed by atoms with Crippen LogP contribution in [0, 0.1) is 5.41 Å². The van der Waals surface area contributed by atoms with E-state index in [0.29, 0.717) is 25.9 Å². The molecular weight excluding hydrogens is 288 g/mol. The number of hydrogen-bond acceptors (Lipinski definition) is 3. The molecule has 0 aromatic carbocycles. The van der Waals surface area contributed by atoms with Gasteiger partial charge in [-0.15, -0.1) is 0 Å². The number of urea groups is 1. The topological polar surface area (TPSA) is 69.6 Å². The van der Waals surface area contributed by atoms with Gasteiger partial charge in [-0.05, 0) is 48.6 Å². The van der Waals surface area contributed by atoms with Gasteiger partial charge >= 0.3 is 12.0 Å². The standard InChI is InChI=1S/C15H22N2O3S/c1-3-15(13(18)19)6-4-7-17(10-15)14(20)16-11(2)12-5-8-21-9-12/h5,8-9,11H,3-4,6-7,10H2,1-2H3,(H,16,20)(H,18,19). The summed E-state index contributed by atoms with van der Waals surface area (Å²) in [7, 11) is 0. The number of nitrogens with zero attached hydrogens (tertiary/aromatic N) is 1. The lowest BCUT2D eigenvalue weighted by Gasteiger charge is -2.39. The first-order chi connectivity index (χ1) is 9.98. The van der Waals surface area contributed by atoms with E-state index in [1.807, 2.05) is 30.7 Å². The van der Waals surface area contributed by atoms with E-state index in [0.717, 1.165) is 12.0 Å². The first kappa shape index (κ1) is 15.8. The highest BCUT2D eigenvalue weighted by Crippen LogP contribution is 2.33. The fourth-order valence-electron chi connectivity index (χ4n) is 2.80. The van der Waals surface area contributed by atoms with Crippen molar-refractivity contribution in [3.8, 4) is 0 Å². The Balaban J connectivity index is 2.01. The zero-order valence-electron chi connectivity index (χ0n) is 12.5. The number of hydrogen-bond donors (Lipinski definition) is 2. The molecule has 0 spiro atoms. The number of piperidine rings is 1. The Labute approximate surface area is 129 Å². The summed E-state index contributed by atoms with van der Waals surface area (Å²) >= 11 is 1.60. The van der Waals surface area contributed by atoms with Crippen molar-refractivity contribution in [3.63, 3.8) is 0 Å². The van der Waals surface area contributed by atoms with Crippen LogP contribution in [0.25, 0.3) is 0 Å². The predicted molar refractivity (Wildman–Crippen MR) is 82.4 cm³/mol. The average molecular weight is 310 g/mol. The van der Waals surface area contributed by atoms with Crippen LogP contribution >= 0.6 is 11.3 Å². The number of likely N-dealkylation sites (tertiary alicyclic amines) is 1. The molecule has 5 nitrogen and oxygen atoms in total. The van der Waals surface area contributed by atoms with E-state index >= 15 is 0 Å². The molecule has 2 unspecified atom stereocenters. The van der Waals surface area contributed by atoms with Gasteiger partial charge < -0.3 is 15.3 Å². The molecule has 0 bridgehead atoms. The largest absolute Gasteiger partial charge is 0.481 e. The average Bonchev–Trinajstić information content (AvgIpc) is 3.01. The minimum Gasteiger partial charge on any atom is -0.481 e. The van der Waals surface area contributed by atoms with Crippen LogP contribution in [-0.2, 0) is 4.79 Å². The molecule has 6 heteroatoms. The summed E-state index contributed by atoms with van der Waals surface area (Å²) in [6.07, 6.45) is 1.93. The highest BCUT2D eigenvalue weighted by Gasteiger charge is 2.42. The van der Waals surface area contributed by atoms with Crippen LogP contribution in [0.4, 0.5) is 4.79 Å². The minimum atomic E-state index is -0.798. The van der Waals surface area contributed by atoms with Gasteiger partial charge in [0.1, 0.15) is 0 Å². The molecule has 2 atom stereocenters. The van der Waals surface area contributed by atoms with Crippen molar-refractivity contribution < 1.29 is 14.7 Å². The van der Waals surface area contributed by atoms with E-state index in [9.17, 15) is 14.7 Å². The van der Waals surface area contributed by atoms with Crippen LogP contribution in [0.15, 0.2) is 16.8 Å². The van der Waals surface area contributed by atoms with Crippen molar-refractivity contribution in [2.24, 2.45) is 5.41 Å². The number of carbonyl (C=O) groups is 2. The second kappa shape index (κ2) is 6.47. The van der Waals surface area contributed by atoms with Crippen LogP contribution in [-0.4, -0.2) is 35.1 Å². The van der Waals surface area contributed by atoms with E-state index in [4.69, 9.17) is 0 Å². The van der Waals surface area contributed by atoms with Crippen LogP contribution in [0.3, 0.4) is 0 Å². The van der Waals surface area contributed by atoms with Gasteiger partial charge in [-0.2, -0.15) is 11.3 Å². The third-order valence-corrected chi connectivity index (χ3v) is 5.08. The lowest BCUT2D eigenvalue weighted by atomic mass is 9.78. The molecule has 116 valence electrons.